The number of benzene rings is 1. The molecule has 0 radical (unpaired) electrons. The second-order valence-corrected chi connectivity index (χ2v) is 5.59. The van der Waals surface area contributed by atoms with Crippen molar-refractivity contribution in [1.29, 1.82) is 0 Å². The third-order valence-corrected chi connectivity index (χ3v) is 4.07. The van der Waals surface area contributed by atoms with Crippen LogP contribution in [0.3, 0.4) is 0 Å². The first-order chi connectivity index (χ1) is 10.0. The highest BCUT2D eigenvalue weighted by molar-refractivity contribution is 5.70. The van der Waals surface area contributed by atoms with E-state index in [4.69, 9.17) is 14.6 Å². The fraction of sp³-hybridized carbons (Fsp3) is 0.533. The fourth-order valence-electron chi connectivity index (χ4n) is 2.85. The molecule has 2 aliphatic rings. The van der Waals surface area contributed by atoms with Crippen LogP contribution >= 0.6 is 0 Å². The van der Waals surface area contributed by atoms with E-state index in [-0.39, 0.29) is 12.0 Å². The molecule has 4 nitrogen and oxygen atoms in total. The Morgan fingerprint density at radius 1 is 1.24 bits per heavy atom. The van der Waals surface area contributed by atoms with Gasteiger partial charge in [0.25, 0.3) is 6.43 Å². The van der Waals surface area contributed by atoms with Gasteiger partial charge in [0.1, 0.15) is 0 Å². The predicted octanol–water partition coefficient (Wildman–Crippen LogP) is 3.29. The molecule has 1 saturated carbocycles. The number of ether oxygens (including phenoxy) is 2. The Morgan fingerprint density at radius 2 is 1.86 bits per heavy atom. The van der Waals surface area contributed by atoms with E-state index in [2.05, 4.69) is 0 Å². The van der Waals surface area contributed by atoms with Gasteiger partial charge < -0.3 is 14.6 Å². The number of halogens is 2. The highest BCUT2D eigenvalue weighted by atomic mass is 19.3. The maximum absolute atomic E-state index is 13.4. The molecule has 0 saturated heterocycles. The molecule has 0 unspecified atom stereocenters. The number of rotatable bonds is 4. The van der Waals surface area contributed by atoms with Crippen molar-refractivity contribution in [3.8, 4) is 11.5 Å². The molecular weight excluding hydrogens is 282 g/mol. The molecule has 6 heteroatoms. The van der Waals surface area contributed by atoms with E-state index in [0.717, 1.165) is 0 Å². The van der Waals surface area contributed by atoms with Crippen LogP contribution in [0.5, 0.6) is 11.5 Å². The summed E-state index contributed by atoms with van der Waals surface area (Å²) in [5.74, 6) is -0.221. The van der Waals surface area contributed by atoms with Crippen molar-refractivity contribution in [2.75, 3.05) is 13.2 Å². The lowest BCUT2D eigenvalue weighted by molar-refractivity contribution is -0.137. The van der Waals surface area contributed by atoms with Crippen molar-refractivity contribution in [2.24, 2.45) is 0 Å². The molecule has 1 N–H and O–H groups in total. The first-order valence-corrected chi connectivity index (χ1v) is 6.96. The maximum atomic E-state index is 13.4. The summed E-state index contributed by atoms with van der Waals surface area (Å²) in [6.45, 7) is 0.891. The van der Waals surface area contributed by atoms with Gasteiger partial charge in [-0.15, -0.1) is 0 Å². The first kappa shape index (κ1) is 14.1. The van der Waals surface area contributed by atoms with Gasteiger partial charge in [0, 0.05) is 17.4 Å². The standard InChI is InChI=1S/C15H16F2O4/c16-14(17)9-6-11-12(21-5-1-4-20-11)7-10(9)15(2-3-15)8-13(18)19/h6-7,14H,1-5,8H2,(H,18,19). The number of fused-ring (bicyclic) bond motifs is 1. The Labute approximate surface area is 120 Å². The van der Waals surface area contributed by atoms with Gasteiger partial charge in [-0.1, -0.05) is 0 Å². The van der Waals surface area contributed by atoms with Crippen molar-refractivity contribution in [1.82, 2.24) is 0 Å². The van der Waals surface area contributed by atoms with Crippen LogP contribution in [-0.4, -0.2) is 24.3 Å². The summed E-state index contributed by atoms with van der Waals surface area (Å²) in [7, 11) is 0. The molecule has 1 aromatic rings. The zero-order chi connectivity index (χ0) is 15.0. The number of hydrogen-bond acceptors (Lipinski definition) is 3. The largest absolute Gasteiger partial charge is 0.490 e. The number of alkyl halides is 2. The van der Waals surface area contributed by atoms with E-state index < -0.39 is 17.8 Å². The maximum Gasteiger partial charge on any atom is 0.304 e. The topological polar surface area (TPSA) is 55.8 Å². The highest BCUT2D eigenvalue weighted by Crippen LogP contribution is 2.55. The summed E-state index contributed by atoms with van der Waals surface area (Å²) < 4.78 is 37.7. The summed E-state index contributed by atoms with van der Waals surface area (Å²) in [6, 6.07) is 2.86. The summed E-state index contributed by atoms with van der Waals surface area (Å²) in [4.78, 5) is 11.0. The van der Waals surface area contributed by atoms with Gasteiger partial charge in [0.15, 0.2) is 11.5 Å². The van der Waals surface area contributed by atoms with Crippen LogP contribution in [0.15, 0.2) is 12.1 Å². The van der Waals surface area contributed by atoms with Crippen molar-refractivity contribution in [2.45, 2.75) is 37.5 Å². The molecule has 1 heterocycles. The Bertz CT molecular complexity index is 567. The van der Waals surface area contributed by atoms with E-state index in [0.29, 0.717) is 49.5 Å². The van der Waals surface area contributed by atoms with Gasteiger partial charge in [0.05, 0.1) is 19.6 Å². The number of carboxylic acids is 1. The Morgan fingerprint density at radius 3 is 2.38 bits per heavy atom. The van der Waals surface area contributed by atoms with Gasteiger partial charge in [-0.3, -0.25) is 4.79 Å². The fourth-order valence-corrected chi connectivity index (χ4v) is 2.85. The minimum absolute atomic E-state index is 0.133. The molecule has 21 heavy (non-hydrogen) atoms. The quantitative estimate of drug-likeness (QED) is 0.926. The smallest absolute Gasteiger partial charge is 0.304 e. The third-order valence-electron chi connectivity index (χ3n) is 4.07. The summed E-state index contributed by atoms with van der Waals surface area (Å²) in [5.41, 5.74) is -0.426. The van der Waals surface area contributed by atoms with Gasteiger partial charge in [-0.05, 0) is 30.5 Å². The lowest BCUT2D eigenvalue weighted by Crippen LogP contribution is -2.16. The number of carbonyl (C=O) groups is 1. The third kappa shape index (κ3) is 2.66. The van der Waals surface area contributed by atoms with Crippen LogP contribution in [0.25, 0.3) is 0 Å². The number of hydrogen-bond donors (Lipinski definition) is 1. The van der Waals surface area contributed by atoms with Crippen molar-refractivity contribution < 1.29 is 28.2 Å². The van der Waals surface area contributed by atoms with Crippen LogP contribution in [0.4, 0.5) is 8.78 Å². The van der Waals surface area contributed by atoms with Gasteiger partial charge >= 0.3 is 5.97 Å². The van der Waals surface area contributed by atoms with Crippen molar-refractivity contribution in [3.63, 3.8) is 0 Å². The molecule has 0 amide bonds. The van der Waals surface area contributed by atoms with Crippen molar-refractivity contribution in [3.05, 3.63) is 23.3 Å². The van der Waals surface area contributed by atoms with E-state index in [1.807, 2.05) is 0 Å². The van der Waals surface area contributed by atoms with Gasteiger partial charge in [-0.25, -0.2) is 8.78 Å². The minimum Gasteiger partial charge on any atom is -0.490 e. The average Bonchev–Trinajstić information content (AvgIpc) is 3.20. The predicted molar refractivity (Wildman–Crippen MR) is 70.2 cm³/mol. The number of carboxylic acid groups (broad SMARTS) is 1. The molecule has 1 aliphatic heterocycles. The SMILES string of the molecule is O=C(O)CC1(c2cc3c(cc2C(F)F)OCCCO3)CC1. The van der Waals surface area contributed by atoms with Crippen LogP contribution in [0, 0.1) is 0 Å². The first-order valence-electron chi connectivity index (χ1n) is 6.96. The number of aliphatic carboxylic acids is 1. The van der Waals surface area contributed by atoms with Crippen LogP contribution < -0.4 is 9.47 Å². The monoisotopic (exact) mass is 298 g/mol. The molecule has 0 spiro atoms. The Balaban J connectivity index is 2.06. The molecule has 1 aliphatic carbocycles. The summed E-state index contributed by atoms with van der Waals surface area (Å²) >= 11 is 0. The van der Waals surface area contributed by atoms with Crippen LogP contribution in [-0.2, 0) is 10.2 Å². The Hall–Kier alpha value is -1.85. The minimum atomic E-state index is -2.66. The van der Waals surface area contributed by atoms with Gasteiger partial charge in [0.2, 0.25) is 0 Å². The van der Waals surface area contributed by atoms with E-state index in [9.17, 15) is 13.6 Å². The zero-order valence-electron chi connectivity index (χ0n) is 11.4. The van der Waals surface area contributed by atoms with E-state index >= 15 is 0 Å². The molecule has 3 rings (SSSR count). The second kappa shape index (κ2) is 5.16. The van der Waals surface area contributed by atoms with Crippen LogP contribution in [0.2, 0.25) is 0 Å². The Kier molecular flexibility index (Phi) is 3.47. The molecule has 114 valence electrons. The van der Waals surface area contributed by atoms with Crippen molar-refractivity contribution >= 4 is 5.97 Å². The lowest BCUT2D eigenvalue weighted by Gasteiger charge is -2.20. The summed E-state index contributed by atoms with van der Waals surface area (Å²) in [6.07, 6.45) is -0.888. The normalized spacial score (nSPS) is 19.2. The molecular formula is C15H16F2O4. The highest BCUT2D eigenvalue weighted by Gasteiger charge is 2.48. The second-order valence-electron chi connectivity index (χ2n) is 5.59. The molecule has 0 bridgehead atoms. The van der Waals surface area contributed by atoms with Crippen LogP contribution in [0.1, 0.15) is 43.2 Å². The molecule has 0 atom stereocenters. The van der Waals surface area contributed by atoms with Gasteiger partial charge in [-0.2, -0.15) is 0 Å². The molecule has 0 aromatic heterocycles. The average molecular weight is 298 g/mol. The summed E-state index contributed by atoms with van der Waals surface area (Å²) in [5, 5.41) is 9.02. The zero-order valence-corrected chi connectivity index (χ0v) is 11.4. The lowest BCUT2D eigenvalue weighted by atomic mass is 9.88. The van der Waals surface area contributed by atoms with E-state index in [1.165, 1.54) is 6.07 Å². The van der Waals surface area contributed by atoms with E-state index in [1.54, 1.807) is 6.07 Å². The molecule has 1 aromatic carbocycles. The molecule has 1 fully saturated rings.